The molecule has 4 rings (SSSR count). The summed E-state index contributed by atoms with van der Waals surface area (Å²) in [7, 11) is 0. The van der Waals surface area contributed by atoms with Gasteiger partial charge < -0.3 is 4.90 Å². The molecule has 25 heavy (non-hydrogen) atoms. The molecule has 0 unspecified atom stereocenters. The maximum absolute atomic E-state index is 11.9. The van der Waals surface area contributed by atoms with Crippen molar-refractivity contribution in [3.05, 3.63) is 53.1 Å². The van der Waals surface area contributed by atoms with Crippen molar-refractivity contribution >= 4 is 16.9 Å². The van der Waals surface area contributed by atoms with Crippen LogP contribution in [0.25, 0.3) is 11.0 Å². The standard InChI is InChI=1S/C18H20N6O/c1-13-21-17-15(3-2-7-20-17)18(22-13)23-9-5-14(6-10-23)11-24-12-19-8-4-16(24)25/h2-4,7-8,12,14H,5-6,9-11H2,1H3. The summed E-state index contributed by atoms with van der Waals surface area (Å²) in [5.74, 6) is 2.18. The number of pyridine rings is 1. The first-order valence-electron chi connectivity index (χ1n) is 8.55. The van der Waals surface area contributed by atoms with Crippen LogP contribution in [0, 0.1) is 12.8 Å². The molecule has 0 saturated carbocycles. The Hall–Kier alpha value is -2.83. The molecule has 0 atom stereocenters. The second-order valence-electron chi connectivity index (χ2n) is 6.47. The van der Waals surface area contributed by atoms with Crippen LogP contribution in [0.3, 0.4) is 0 Å². The molecule has 0 aliphatic carbocycles. The van der Waals surface area contributed by atoms with E-state index >= 15 is 0 Å². The molecule has 1 saturated heterocycles. The predicted octanol–water partition coefficient (Wildman–Crippen LogP) is 1.81. The maximum Gasteiger partial charge on any atom is 0.253 e. The van der Waals surface area contributed by atoms with E-state index < -0.39 is 0 Å². The Morgan fingerprint density at radius 2 is 2.00 bits per heavy atom. The van der Waals surface area contributed by atoms with Crippen LogP contribution in [0.1, 0.15) is 18.7 Å². The lowest BCUT2D eigenvalue weighted by Gasteiger charge is -2.33. The normalized spacial score (nSPS) is 15.6. The van der Waals surface area contributed by atoms with E-state index in [2.05, 4.69) is 24.8 Å². The maximum atomic E-state index is 11.9. The van der Waals surface area contributed by atoms with Crippen molar-refractivity contribution in [2.45, 2.75) is 26.3 Å². The average molecular weight is 336 g/mol. The summed E-state index contributed by atoms with van der Waals surface area (Å²) in [6.07, 6.45) is 6.97. The fourth-order valence-corrected chi connectivity index (χ4v) is 3.41. The van der Waals surface area contributed by atoms with Gasteiger partial charge in [-0.05, 0) is 37.8 Å². The van der Waals surface area contributed by atoms with Crippen LogP contribution in [0.2, 0.25) is 0 Å². The van der Waals surface area contributed by atoms with Gasteiger partial charge in [-0.25, -0.2) is 19.9 Å². The average Bonchev–Trinajstić information content (AvgIpc) is 2.63. The minimum Gasteiger partial charge on any atom is -0.356 e. The van der Waals surface area contributed by atoms with Gasteiger partial charge in [-0.3, -0.25) is 9.36 Å². The van der Waals surface area contributed by atoms with Crippen LogP contribution < -0.4 is 10.5 Å². The molecule has 0 amide bonds. The Kier molecular flexibility index (Phi) is 4.13. The Morgan fingerprint density at radius 3 is 2.80 bits per heavy atom. The summed E-state index contributed by atoms with van der Waals surface area (Å²) in [6.45, 7) is 4.46. The molecular formula is C18H20N6O. The van der Waals surface area contributed by atoms with Crippen LogP contribution in [0.4, 0.5) is 5.82 Å². The van der Waals surface area contributed by atoms with Crippen LogP contribution >= 0.6 is 0 Å². The van der Waals surface area contributed by atoms with E-state index in [0.717, 1.165) is 55.2 Å². The zero-order valence-corrected chi connectivity index (χ0v) is 14.2. The van der Waals surface area contributed by atoms with Gasteiger partial charge in [0.2, 0.25) is 0 Å². The minimum absolute atomic E-state index is 0.0147. The summed E-state index contributed by atoms with van der Waals surface area (Å²) in [5, 5.41) is 0.995. The highest BCUT2D eigenvalue weighted by atomic mass is 16.1. The Labute approximate surface area is 145 Å². The van der Waals surface area contributed by atoms with E-state index in [4.69, 9.17) is 0 Å². The summed E-state index contributed by atoms with van der Waals surface area (Å²) < 4.78 is 1.70. The zero-order chi connectivity index (χ0) is 17.2. The molecule has 0 radical (unpaired) electrons. The van der Waals surface area contributed by atoms with Crippen molar-refractivity contribution in [1.29, 1.82) is 0 Å². The molecule has 1 fully saturated rings. The molecule has 1 aliphatic heterocycles. The quantitative estimate of drug-likeness (QED) is 0.726. The van der Waals surface area contributed by atoms with Gasteiger partial charge in [-0.2, -0.15) is 0 Å². The van der Waals surface area contributed by atoms with E-state index in [0.29, 0.717) is 5.92 Å². The molecular weight excluding hydrogens is 316 g/mol. The molecule has 3 aromatic rings. The van der Waals surface area contributed by atoms with Gasteiger partial charge in [-0.15, -0.1) is 0 Å². The SMILES string of the molecule is Cc1nc(N2CCC(Cn3cnccc3=O)CC2)c2cccnc2n1. The van der Waals surface area contributed by atoms with Gasteiger partial charge in [0.1, 0.15) is 11.6 Å². The highest BCUT2D eigenvalue weighted by Gasteiger charge is 2.22. The summed E-state index contributed by atoms with van der Waals surface area (Å²) in [4.78, 5) is 31.6. The first-order chi connectivity index (χ1) is 12.2. The predicted molar refractivity (Wildman–Crippen MR) is 95.5 cm³/mol. The van der Waals surface area contributed by atoms with Crippen molar-refractivity contribution in [3.8, 4) is 0 Å². The second-order valence-corrected chi connectivity index (χ2v) is 6.47. The number of anilines is 1. The number of aromatic nitrogens is 5. The van der Waals surface area contributed by atoms with E-state index in [1.165, 1.54) is 12.3 Å². The Bertz CT molecular complexity index is 945. The van der Waals surface area contributed by atoms with Gasteiger partial charge in [0.25, 0.3) is 5.56 Å². The lowest BCUT2D eigenvalue weighted by molar-refractivity contribution is 0.350. The number of aryl methyl sites for hydroxylation is 1. The van der Waals surface area contributed by atoms with Gasteiger partial charge in [0.05, 0.1) is 11.7 Å². The monoisotopic (exact) mass is 336 g/mol. The van der Waals surface area contributed by atoms with E-state index in [1.807, 2.05) is 19.1 Å². The van der Waals surface area contributed by atoms with Crippen LogP contribution in [0.15, 0.2) is 41.7 Å². The molecule has 0 spiro atoms. The third kappa shape index (κ3) is 3.22. The lowest BCUT2D eigenvalue weighted by atomic mass is 9.96. The highest BCUT2D eigenvalue weighted by molar-refractivity contribution is 5.86. The van der Waals surface area contributed by atoms with Gasteiger partial charge >= 0.3 is 0 Å². The Morgan fingerprint density at radius 1 is 1.16 bits per heavy atom. The summed E-state index contributed by atoms with van der Waals surface area (Å²) in [6, 6.07) is 5.46. The zero-order valence-electron chi connectivity index (χ0n) is 14.2. The topological polar surface area (TPSA) is 76.8 Å². The number of rotatable bonds is 3. The highest BCUT2D eigenvalue weighted by Crippen LogP contribution is 2.27. The molecule has 0 aromatic carbocycles. The molecule has 4 heterocycles. The lowest BCUT2D eigenvalue weighted by Crippen LogP contribution is -2.37. The largest absolute Gasteiger partial charge is 0.356 e. The van der Waals surface area contributed by atoms with Crippen molar-refractivity contribution in [1.82, 2.24) is 24.5 Å². The van der Waals surface area contributed by atoms with Crippen molar-refractivity contribution in [2.75, 3.05) is 18.0 Å². The number of piperidine rings is 1. The molecule has 0 bridgehead atoms. The van der Waals surface area contributed by atoms with E-state index in [-0.39, 0.29) is 5.56 Å². The third-order valence-electron chi connectivity index (χ3n) is 4.72. The minimum atomic E-state index is 0.0147. The molecule has 0 N–H and O–H groups in total. The smallest absolute Gasteiger partial charge is 0.253 e. The number of hydrogen-bond donors (Lipinski definition) is 0. The summed E-state index contributed by atoms with van der Waals surface area (Å²) >= 11 is 0. The molecule has 3 aromatic heterocycles. The van der Waals surface area contributed by atoms with Gasteiger partial charge in [-0.1, -0.05) is 0 Å². The van der Waals surface area contributed by atoms with Crippen molar-refractivity contribution < 1.29 is 0 Å². The number of nitrogens with zero attached hydrogens (tertiary/aromatic N) is 6. The van der Waals surface area contributed by atoms with Crippen molar-refractivity contribution in [3.63, 3.8) is 0 Å². The fourth-order valence-electron chi connectivity index (χ4n) is 3.41. The Balaban J connectivity index is 1.51. The molecule has 128 valence electrons. The molecule has 7 heteroatoms. The van der Waals surface area contributed by atoms with Crippen LogP contribution in [0.5, 0.6) is 0 Å². The van der Waals surface area contributed by atoms with Crippen molar-refractivity contribution in [2.24, 2.45) is 5.92 Å². The van der Waals surface area contributed by atoms with E-state index in [1.54, 1.807) is 17.1 Å². The molecule has 7 nitrogen and oxygen atoms in total. The third-order valence-corrected chi connectivity index (χ3v) is 4.72. The van der Waals surface area contributed by atoms with E-state index in [9.17, 15) is 4.79 Å². The van der Waals surface area contributed by atoms with Crippen LogP contribution in [-0.4, -0.2) is 37.6 Å². The molecule has 1 aliphatic rings. The summed E-state index contributed by atoms with van der Waals surface area (Å²) in [5.41, 5.74) is 0.759. The number of fused-ring (bicyclic) bond motifs is 1. The fraction of sp³-hybridized carbons (Fsp3) is 0.389. The first kappa shape index (κ1) is 15.7. The first-order valence-corrected chi connectivity index (χ1v) is 8.55. The number of hydrogen-bond acceptors (Lipinski definition) is 6. The van der Waals surface area contributed by atoms with Gasteiger partial charge in [0, 0.05) is 38.1 Å². The van der Waals surface area contributed by atoms with Gasteiger partial charge in [0.15, 0.2) is 5.65 Å². The second kappa shape index (κ2) is 6.58. The van der Waals surface area contributed by atoms with Crippen LogP contribution in [-0.2, 0) is 6.54 Å².